The van der Waals surface area contributed by atoms with Crippen LogP contribution in [0.2, 0.25) is 0 Å². The van der Waals surface area contributed by atoms with Crippen LogP contribution in [0, 0.1) is 0 Å². The fraction of sp³-hybridized carbons (Fsp3) is 0.0909. The highest BCUT2D eigenvalue weighted by Crippen LogP contribution is 2.30. The summed E-state index contributed by atoms with van der Waals surface area (Å²) in [6.45, 7) is 7.89. The van der Waals surface area contributed by atoms with Crippen molar-refractivity contribution in [1.29, 1.82) is 0 Å². The fourth-order valence-corrected chi connectivity index (χ4v) is 4.83. The van der Waals surface area contributed by atoms with Crippen LogP contribution in [-0.2, 0) is 13.1 Å². The van der Waals surface area contributed by atoms with E-state index < -0.39 is 0 Å². The molecule has 6 aromatic rings. The van der Waals surface area contributed by atoms with Crippen molar-refractivity contribution >= 4 is 28.6 Å². The molecule has 0 aliphatic carbocycles. The van der Waals surface area contributed by atoms with Crippen molar-refractivity contribution in [3.63, 3.8) is 0 Å². The number of hydrogen-bond acceptors (Lipinski definition) is 5. The molecule has 40 heavy (non-hydrogen) atoms. The number of H-pyrrole nitrogens is 2. The van der Waals surface area contributed by atoms with E-state index >= 15 is 0 Å². The molecular formula is C33H29N7. The lowest BCUT2D eigenvalue weighted by Crippen LogP contribution is -2.23. The molecule has 0 amide bonds. The number of nitrogens with one attached hydrogen (secondary N) is 3. The van der Waals surface area contributed by atoms with Gasteiger partial charge >= 0.3 is 0 Å². The summed E-state index contributed by atoms with van der Waals surface area (Å²) in [5, 5.41) is 14.3. The van der Waals surface area contributed by atoms with Gasteiger partial charge in [-0.1, -0.05) is 49.1 Å². The molecule has 0 aliphatic rings. The van der Waals surface area contributed by atoms with E-state index in [0.717, 1.165) is 73.8 Å². The Kier molecular flexibility index (Phi) is 7.11. The first-order valence-corrected chi connectivity index (χ1v) is 13.2. The molecule has 196 valence electrons. The summed E-state index contributed by atoms with van der Waals surface area (Å²) in [5.41, 5.74) is 8.86. The second kappa shape index (κ2) is 11.3. The van der Waals surface area contributed by atoms with Crippen molar-refractivity contribution < 1.29 is 0 Å². The number of aromatic amines is 2. The van der Waals surface area contributed by atoms with Gasteiger partial charge in [0.25, 0.3) is 0 Å². The van der Waals surface area contributed by atoms with E-state index in [-0.39, 0.29) is 0 Å². The van der Waals surface area contributed by atoms with Gasteiger partial charge in [-0.15, -0.1) is 0 Å². The van der Waals surface area contributed by atoms with Crippen molar-refractivity contribution in [3.8, 4) is 22.5 Å². The number of benzene rings is 1. The predicted octanol–water partition coefficient (Wildman–Crippen LogP) is 4.99. The first-order valence-electron chi connectivity index (χ1n) is 13.2. The highest BCUT2D eigenvalue weighted by atomic mass is 15.1. The van der Waals surface area contributed by atoms with Crippen LogP contribution in [0.25, 0.3) is 51.1 Å². The van der Waals surface area contributed by atoms with E-state index in [1.54, 1.807) is 6.20 Å². The Morgan fingerprint density at radius 2 is 1.75 bits per heavy atom. The molecule has 5 heterocycles. The minimum Gasteiger partial charge on any atom is -0.352 e. The average molecular weight is 524 g/mol. The predicted molar refractivity (Wildman–Crippen MR) is 161 cm³/mol. The Balaban J connectivity index is 1.31. The van der Waals surface area contributed by atoms with Gasteiger partial charge in [-0.25, -0.2) is 0 Å². The first kappa shape index (κ1) is 25.2. The van der Waals surface area contributed by atoms with Gasteiger partial charge < -0.3 is 10.3 Å². The van der Waals surface area contributed by atoms with Crippen LogP contribution in [-0.4, -0.2) is 30.1 Å². The fourth-order valence-electron chi connectivity index (χ4n) is 4.83. The van der Waals surface area contributed by atoms with Gasteiger partial charge in [0.05, 0.1) is 22.8 Å². The van der Waals surface area contributed by atoms with Crippen LogP contribution < -0.4 is 15.9 Å². The largest absolute Gasteiger partial charge is 0.352 e. The van der Waals surface area contributed by atoms with Crippen LogP contribution in [0.3, 0.4) is 0 Å². The second-order valence-corrected chi connectivity index (χ2v) is 9.60. The number of fused-ring (bicyclic) bond motifs is 1. The maximum atomic E-state index is 4.67. The van der Waals surface area contributed by atoms with E-state index in [1.165, 1.54) is 5.56 Å². The summed E-state index contributed by atoms with van der Waals surface area (Å²) < 4.78 is 0. The third-order valence-corrected chi connectivity index (χ3v) is 6.88. The molecule has 0 unspecified atom stereocenters. The molecule has 0 fully saturated rings. The topological polar surface area (TPSA) is 95.2 Å². The molecule has 7 heteroatoms. The summed E-state index contributed by atoms with van der Waals surface area (Å²) in [7, 11) is 0. The van der Waals surface area contributed by atoms with Crippen LogP contribution in [0.5, 0.6) is 0 Å². The van der Waals surface area contributed by atoms with Crippen LogP contribution >= 0.6 is 0 Å². The molecule has 1 aromatic carbocycles. The smallest absolute Gasteiger partial charge is 0.116 e. The monoisotopic (exact) mass is 523 g/mol. The Hall–Kier alpha value is -5.14. The maximum Gasteiger partial charge on any atom is 0.116 e. The van der Waals surface area contributed by atoms with E-state index in [9.17, 15) is 0 Å². The van der Waals surface area contributed by atoms with Gasteiger partial charge in [-0.05, 0) is 53.5 Å². The molecule has 7 nitrogen and oxygen atoms in total. The van der Waals surface area contributed by atoms with Gasteiger partial charge in [0, 0.05) is 65.8 Å². The zero-order valence-corrected chi connectivity index (χ0v) is 22.2. The normalized spacial score (nSPS) is 12.3. The lowest BCUT2D eigenvalue weighted by atomic mass is 10.0. The van der Waals surface area contributed by atoms with Crippen molar-refractivity contribution in [3.05, 3.63) is 126 Å². The minimum absolute atomic E-state index is 0.719. The van der Waals surface area contributed by atoms with E-state index in [4.69, 9.17) is 0 Å². The van der Waals surface area contributed by atoms with Crippen LogP contribution in [0.1, 0.15) is 23.6 Å². The maximum absolute atomic E-state index is 4.67. The Labute approximate surface area is 232 Å². The summed E-state index contributed by atoms with van der Waals surface area (Å²) >= 11 is 0. The summed E-state index contributed by atoms with van der Waals surface area (Å²) in [6, 6.07) is 18.6. The molecule has 6 rings (SSSR count). The van der Waals surface area contributed by atoms with E-state index in [2.05, 4.69) is 84.5 Å². The Bertz CT molecular complexity index is 1900. The standard InChI is InChI=1S/C33H29N7/c1-3-30-28(12-22(2)26-13-24(17-36-19-26)16-35-15-23-8-5-4-6-9-23)33(40-39-30)31-14-27-29(20-37-21-32(27)38-31)25-10-7-11-34-18-25/h3-14,17-21,35,38-39H,2,15-16H2,1H3/b28-12+,30-3+. The van der Waals surface area contributed by atoms with Crippen LogP contribution in [0.15, 0.2) is 98.4 Å². The molecule has 0 saturated heterocycles. The average Bonchev–Trinajstić information content (AvgIpc) is 3.62. The van der Waals surface area contributed by atoms with Gasteiger partial charge in [0.2, 0.25) is 0 Å². The molecule has 5 aromatic heterocycles. The highest BCUT2D eigenvalue weighted by molar-refractivity contribution is 5.97. The number of allylic oxidation sites excluding steroid dienone is 1. The number of nitrogens with zero attached hydrogens (tertiary/aromatic N) is 4. The van der Waals surface area contributed by atoms with Gasteiger partial charge in [0.1, 0.15) is 5.69 Å². The molecule has 3 N–H and O–H groups in total. The number of aromatic nitrogens is 6. The van der Waals surface area contributed by atoms with E-state index in [0.29, 0.717) is 0 Å². The SMILES string of the molecule is C=C(/C=c1/c(-c2cc3c(-c4cccnc4)cncc3[nH]2)n[nH]/c1=C/C)c1cncc(CNCc2ccccc2)c1. The molecule has 0 spiro atoms. The van der Waals surface area contributed by atoms with Crippen molar-refractivity contribution in [1.82, 2.24) is 35.5 Å². The van der Waals surface area contributed by atoms with Crippen LogP contribution in [0.4, 0.5) is 0 Å². The molecule has 0 aliphatic heterocycles. The van der Waals surface area contributed by atoms with Gasteiger partial charge in [-0.3, -0.25) is 20.1 Å². The lowest BCUT2D eigenvalue weighted by molar-refractivity contribution is 0.691. The van der Waals surface area contributed by atoms with Crippen molar-refractivity contribution in [2.24, 2.45) is 0 Å². The van der Waals surface area contributed by atoms with Crippen molar-refractivity contribution in [2.45, 2.75) is 20.0 Å². The quantitative estimate of drug-likeness (QED) is 0.261. The van der Waals surface area contributed by atoms with Gasteiger partial charge in [-0.2, -0.15) is 5.10 Å². The third-order valence-electron chi connectivity index (χ3n) is 6.88. The van der Waals surface area contributed by atoms with Gasteiger partial charge in [0.15, 0.2) is 0 Å². The molecule has 0 saturated carbocycles. The zero-order chi connectivity index (χ0) is 27.3. The zero-order valence-electron chi connectivity index (χ0n) is 22.2. The molecule has 0 atom stereocenters. The molecule has 0 bridgehead atoms. The number of pyridine rings is 3. The first-order chi connectivity index (χ1) is 19.7. The second-order valence-electron chi connectivity index (χ2n) is 9.60. The molecule has 0 radical (unpaired) electrons. The molecular weight excluding hydrogens is 494 g/mol. The highest BCUT2D eigenvalue weighted by Gasteiger charge is 2.13. The Morgan fingerprint density at radius 1 is 0.900 bits per heavy atom. The number of hydrogen-bond donors (Lipinski definition) is 3. The summed E-state index contributed by atoms with van der Waals surface area (Å²) in [5.74, 6) is 0. The van der Waals surface area contributed by atoms with Crippen molar-refractivity contribution in [2.75, 3.05) is 0 Å². The summed E-state index contributed by atoms with van der Waals surface area (Å²) in [4.78, 5) is 16.7. The minimum atomic E-state index is 0.719. The Morgan fingerprint density at radius 3 is 2.58 bits per heavy atom. The van der Waals surface area contributed by atoms with E-state index in [1.807, 2.05) is 62.2 Å². The number of rotatable bonds is 8. The summed E-state index contributed by atoms with van der Waals surface area (Å²) in [6.07, 6.45) is 15.2. The third kappa shape index (κ3) is 5.23. The lowest BCUT2D eigenvalue weighted by Gasteiger charge is -2.07.